The average molecular weight is 627 g/mol. The standard InChI is InChI=1S/C28H25BrClN5O5/c1-17-24(28(38)35(34(17)2)20-10-5-4-6-11-20)32-26(36)27(37)33-31-15-18-13-21(29)25(23(14-18)39-3)40-16-19-9-7-8-12-22(19)30/h4-15H,16H2,1-3H3,(H,32,36)(H,33,37)/b31-15+. The largest absolute Gasteiger partial charge is 0.493 e. The first-order valence-corrected chi connectivity index (χ1v) is 13.1. The number of nitrogens with zero attached hydrogens (tertiary/aromatic N) is 3. The molecule has 0 saturated heterocycles. The molecule has 4 aromatic rings. The molecule has 2 N–H and O–H groups in total. The van der Waals surface area contributed by atoms with Crippen molar-refractivity contribution < 1.29 is 19.1 Å². The SMILES string of the molecule is COc1cc(/C=N/NC(=O)C(=O)Nc2c(C)n(C)n(-c3ccccc3)c2=O)cc(Br)c1OCc1ccccc1Cl. The molecule has 0 atom stereocenters. The zero-order valence-corrected chi connectivity index (χ0v) is 24.1. The second-order valence-corrected chi connectivity index (χ2v) is 9.77. The van der Waals surface area contributed by atoms with E-state index in [4.69, 9.17) is 21.1 Å². The predicted molar refractivity (Wildman–Crippen MR) is 157 cm³/mol. The topological polar surface area (TPSA) is 116 Å². The van der Waals surface area contributed by atoms with Gasteiger partial charge in [0.25, 0.3) is 5.56 Å². The van der Waals surface area contributed by atoms with Crippen molar-refractivity contribution in [1.82, 2.24) is 14.8 Å². The third-order valence-electron chi connectivity index (χ3n) is 5.96. The van der Waals surface area contributed by atoms with Crippen molar-refractivity contribution in [3.63, 3.8) is 0 Å². The summed E-state index contributed by atoms with van der Waals surface area (Å²) in [5.74, 6) is -1.20. The predicted octanol–water partition coefficient (Wildman–Crippen LogP) is 4.58. The number of nitrogens with one attached hydrogen (secondary N) is 2. The van der Waals surface area contributed by atoms with Crippen molar-refractivity contribution >= 4 is 51.2 Å². The van der Waals surface area contributed by atoms with Gasteiger partial charge in [-0.2, -0.15) is 5.10 Å². The van der Waals surface area contributed by atoms with E-state index in [9.17, 15) is 14.4 Å². The third-order valence-corrected chi connectivity index (χ3v) is 6.92. The van der Waals surface area contributed by atoms with E-state index in [-0.39, 0.29) is 12.3 Å². The number of para-hydroxylation sites is 1. The Balaban J connectivity index is 1.42. The number of anilines is 1. The van der Waals surface area contributed by atoms with Crippen LogP contribution in [0.5, 0.6) is 11.5 Å². The number of ether oxygens (including phenoxy) is 2. The van der Waals surface area contributed by atoms with E-state index in [1.807, 2.05) is 24.3 Å². The van der Waals surface area contributed by atoms with Crippen LogP contribution in [0.3, 0.4) is 0 Å². The summed E-state index contributed by atoms with van der Waals surface area (Å²) in [6.45, 7) is 1.89. The fourth-order valence-electron chi connectivity index (χ4n) is 3.82. The molecule has 3 aromatic carbocycles. The second-order valence-electron chi connectivity index (χ2n) is 8.50. The molecule has 0 aliphatic carbocycles. The molecule has 40 heavy (non-hydrogen) atoms. The second kappa shape index (κ2) is 12.7. The van der Waals surface area contributed by atoms with Gasteiger partial charge in [0.2, 0.25) is 0 Å². The maximum absolute atomic E-state index is 13.0. The van der Waals surface area contributed by atoms with Crippen molar-refractivity contribution in [2.24, 2.45) is 12.1 Å². The van der Waals surface area contributed by atoms with Gasteiger partial charge in [-0.25, -0.2) is 10.1 Å². The van der Waals surface area contributed by atoms with Crippen LogP contribution in [-0.4, -0.2) is 34.5 Å². The molecule has 12 heteroatoms. The van der Waals surface area contributed by atoms with Crippen LogP contribution >= 0.6 is 27.5 Å². The molecule has 0 bridgehead atoms. The zero-order valence-electron chi connectivity index (χ0n) is 21.8. The van der Waals surface area contributed by atoms with E-state index in [1.165, 1.54) is 18.0 Å². The molecule has 1 aromatic heterocycles. The van der Waals surface area contributed by atoms with E-state index in [1.54, 1.807) is 61.1 Å². The van der Waals surface area contributed by atoms with Gasteiger partial charge in [-0.3, -0.25) is 19.1 Å². The highest BCUT2D eigenvalue weighted by Crippen LogP contribution is 2.37. The van der Waals surface area contributed by atoms with Crippen LogP contribution in [0.25, 0.3) is 5.69 Å². The first-order chi connectivity index (χ1) is 19.2. The molecular formula is C28H25BrClN5O5. The Morgan fingerprint density at radius 2 is 1.77 bits per heavy atom. The molecule has 4 rings (SSSR count). The van der Waals surface area contributed by atoms with E-state index in [0.29, 0.717) is 37.9 Å². The number of carbonyl (C=O) groups is 2. The Labute approximate surface area is 243 Å². The fourth-order valence-corrected chi connectivity index (χ4v) is 4.58. The summed E-state index contributed by atoms with van der Waals surface area (Å²) in [6.07, 6.45) is 1.34. The molecule has 0 aliphatic heterocycles. The van der Waals surface area contributed by atoms with E-state index in [2.05, 4.69) is 31.8 Å². The van der Waals surface area contributed by atoms with Gasteiger partial charge in [-0.15, -0.1) is 0 Å². The molecule has 206 valence electrons. The number of amides is 2. The van der Waals surface area contributed by atoms with Crippen molar-refractivity contribution in [3.8, 4) is 17.2 Å². The smallest absolute Gasteiger partial charge is 0.329 e. The van der Waals surface area contributed by atoms with Crippen LogP contribution in [0.15, 0.2) is 81.1 Å². The molecule has 0 saturated carbocycles. The lowest BCUT2D eigenvalue weighted by molar-refractivity contribution is -0.136. The number of rotatable bonds is 8. The van der Waals surface area contributed by atoms with Crippen LogP contribution in [0, 0.1) is 6.92 Å². The summed E-state index contributed by atoms with van der Waals surface area (Å²) in [7, 11) is 3.18. The lowest BCUT2D eigenvalue weighted by Crippen LogP contribution is -2.34. The number of carbonyl (C=O) groups excluding carboxylic acids is 2. The monoisotopic (exact) mass is 625 g/mol. The van der Waals surface area contributed by atoms with Gasteiger partial charge in [0.05, 0.1) is 29.2 Å². The lowest BCUT2D eigenvalue weighted by Gasteiger charge is -2.14. The molecule has 2 amide bonds. The average Bonchev–Trinajstić information content (AvgIpc) is 3.16. The number of aromatic nitrogens is 2. The Hall–Kier alpha value is -4.35. The minimum absolute atomic E-state index is 0.00321. The Bertz CT molecular complexity index is 1650. The quantitative estimate of drug-likeness (QED) is 0.169. The molecule has 1 heterocycles. The maximum atomic E-state index is 13.0. The van der Waals surface area contributed by atoms with Gasteiger partial charge in [-0.05, 0) is 58.7 Å². The van der Waals surface area contributed by atoms with Gasteiger partial charge in [0.1, 0.15) is 12.3 Å². The molecule has 0 fully saturated rings. The highest BCUT2D eigenvalue weighted by Gasteiger charge is 2.21. The number of hydrazone groups is 1. The summed E-state index contributed by atoms with van der Waals surface area (Å²) in [5, 5.41) is 6.84. The van der Waals surface area contributed by atoms with E-state index >= 15 is 0 Å². The normalized spacial score (nSPS) is 10.9. The van der Waals surface area contributed by atoms with E-state index < -0.39 is 17.4 Å². The first kappa shape index (κ1) is 28.7. The van der Waals surface area contributed by atoms with E-state index in [0.717, 1.165) is 5.56 Å². The number of hydrogen-bond acceptors (Lipinski definition) is 6. The van der Waals surface area contributed by atoms with Gasteiger partial charge in [0, 0.05) is 17.6 Å². The number of methoxy groups -OCH3 is 1. The fraction of sp³-hybridized carbons (Fsp3) is 0.143. The van der Waals surface area contributed by atoms with Gasteiger partial charge in [-0.1, -0.05) is 48.0 Å². The number of halogens is 2. The minimum Gasteiger partial charge on any atom is -0.493 e. The Kier molecular flexibility index (Phi) is 9.08. The van der Waals surface area contributed by atoms with Gasteiger partial charge in [0.15, 0.2) is 11.5 Å². The van der Waals surface area contributed by atoms with Gasteiger partial charge >= 0.3 is 11.8 Å². The Morgan fingerprint density at radius 1 is 1.07 bits per heavy atom. The summed E-state index contributed by atoms with van der Waals surface area (Å²) < 4.78 is 14.9. The zero-order chi connectivity index (χ0) is 28.8. The van der Waals surface area contributed by atoms with Crippen LogP contribution < -0.4 is 25.8 Å². The summed E-state index contributed by atoms with van der Waals surface area (Å²) in [6, 6.07) is 19.7. The first-order valence-electron chi connectivity index (χ1n) is 11.9. The molecule has 0 spiro atoms. The minimum atomic E-state index is -1.05. The van der Waals surface area contributed by atoms with Crippen molar-refractivity contribution in [2.75, 3.05) is 12.4 Å². The molecule has 0 aliphatic rings. The number of hydrogen-bond donors (Lipinski definition) is 2. The molecular weight excluding hydrogens is 602 g/mol. The van der Waals surface area contributed by atoms with Crippen LogP contribution in [0.2, 0.25) is 5.02 Å². The molecule has 0 unspecified atom stereocenters. The molecule has 10 nitrogen and oxygen atoms in total. The summed E-state index contributed by atoms with van der Waals surface area (Å²) in [5.41, 5.74) is 4.17. The third kappa shape index (κ3) is 6.27. The Morgan fingerprint density at radius 3 is 2.48 bits per heavy atom. The van der Waals surface area contributed by atoms with Crippen LogP contribution in [0.1, 0.15) is 16.8 Å². The van der Waals surface area contributed by atoms with Crippen LogP contribution in [0.4, 0.5) is 5.69 Å². The lowest BCUT2D eigenvalue weighted by atomic mass is 10.2. The highest BCUT2D eigenvalue weighted by atomic mass is 79.9. The van der Waals surface area contributed by atoms with Crippen molar-refractivity contribution in [2.45, 2.75) is 13.5 Å². The van der Waals surface area contributed by atoms with Crippen LogP contribution in [-0.2, 0) is 23.2 Å². The summed E-state index contributed by atoms with van der Waals surface area (Å²) in [4.78, 5) is 37.9. The summed E-state index contributed by atoms with van der Waals surface area (Å²) >= 11 is 9.67. The van der Waals surface area contributed by atoms with Crippen molar-refractivity contribution in [1.29, 1.82) is 0 Å². The maximum Gasteiger partial charge on any atom is 0.329 e. The van der Waals surface area contributed by atoms with Gasteiger partial charge < -0.3 is 14.8 Å². The highest BCUT2D eigenvalue weighted by molar-refractivity contribution is 9.10. The number of benzene rings is 3. The molecule has 0 radical (unpaired) electrons. The van der Waals surface area contributed by atoms with Crippen molar-refractivity contribution in [3.05, 3.63) is 103 Å².